The van der Waals surface area contributed by atoms with E-state index in [1.165, 1.54) is 0 Å². The minimum atomic E-state index is 0.505. The SMILES string of the molecule is COc1cc(Nc2nc(C)cc(N3CCN(c4ncnc5cc(Cl)ccc45)C3)n2)cc(OC)c1. The standard InChI is InChI=1S/C24H24ClN7O2/c1-15-8-22(30-24(28-15)29-17-10-18(33-2)12-19(11-17)34-3)31-6-7-32(14-31)23-20-5-4-16(25)9-21(20)26-13-27-23/h4-5,8-13H,6-7,14H2,1-3H3,(H,28,29,30). The molecular formula is C24H24ClN7O2. The Labute approximate surface area is 202 Å². The van der Waals surface area contributed by atoms with Crippen LogP contribution in [0, 0.1) is 6.92 Å². The highest BCUT2D eigenvalue weighted by Gasteiger charge is 2.24. The Morgan fingerprint density at radius 3 is 2.44 bits per heavy atom. The Hall–Kier alpha value is -3.85. The third-order valence-electron chi connectivity index (χ3n) is 5.63. The molecule has 2 aromatic carbocycles. The summed E-state index contributed by atoms with van der Waals surface area (Å²) in [6.45, 7) is 4.23. The molecule has 3 heterocycles. The van der Waals surface area contributed by atoms with Crippen LogP contribution >= 0.6 is 11.6 Å². The lowest BCUT2D eigenvalue weighted by Crippen LogP contribution is -2.26. The maximum absolute atomic E-state index is 6.14. The number of aryl methyl sites for hydroxylation is 1. The summed E-state index contributed by atoms with van der Waals surface area (Å²) in [5, 5.41) is 4.91. The zero-order valence-corrected chi connectivity index (χ0v) is 19.9. The Kier molecular flexibility index (Phi) is 5.93. The van der Waals surface area contributed by atoms with E-state index < -0.39 is 0 Å². The van der Waals surface area contributed by atoms with E-state index in [0.29, 0.717) is 29.1 Å². The number of rotatable bonds is 6. The summed E-state index contributed by atoms with van der Waals surface area (Å²) in [4.78, 5) is 22.7. The molecule has 4 aromatic rings. The number of aromatic nitrogens is 4. The lowest BCUT2D eigenvalue weighted by Gasteiger charge is -2.21. The van der Waals surface area contributed by atoms with Gasteiger partial charge in [0.1, 0.15) is 29.5 Å². The molecule has 9 nitrogen and oxygen atoms in total. The second kappa shape index (κ2) is 9.18. The second-order valence-corrected chi connectivity index (χ2v) is 8.38. The topological polar surface area (TPSA) is 88.5 Å². The van der Waals surface area contributed by atoms with Gasteiger partial charge in [-0.05, 0) is 25.1 Å². The van der Waals surface area contributed by atoms with Gasteiger partial charge >= 0.3 is 0 Å². The number of halogens is 1. The van der Waals surface area contributed by atoms with E-state index in [1.54, 1.807) is 20.5 Å². The molecule has 0 spiro atoms. The van der Waals surface area contributed by atoms with Gasteiger partial charge in [-0.3, -0.25) is 0 Å². The largest absolute Gasteiger partial charge is 0.497 e. The first-order valence-corrected chi connectivity index (χ1v) is 11.2. The van der Waals surface area contributed by atoms with Gasteiger partial charge in [-0.1, -0.05) is 11.6 Å². The predicted molar refractivity (Wildman–Crippen MR) is 134 cm³/mol. The van der Waals surface area contributed by atoms with Gasteiger partial charge in [-0.2, -0.15) is 4.98 Å². The second-order valence-electron chi connectivity index (χ2n) is 7.94. The lowest BCUT2D eigenvalue weighted by atomic mass is 10.2. The van der Waals surface area contributed by atoms with Crippen LogP contribution in [0.5, 0.6) is 11.5 Å². The van der Waals surface area contributed by atoms with E-state index in [9.17, 15) is 0 Å². The van der Waals surface area contributed by atoms with Crippen LogP contribution in [-0.4, -0.2) is 53.9 Å². The van der Waals surface area contributed by atoms with Crippen LogP contribution in [0.3, 0.4) is 0 Å². The molecule has 1 saturated heterocycles. The molecule has 34 heavy (non-hydrogen) atoms. The number of anilines is 4. The predicted octanol–water partition coefficient (Wildman–Crippen LogP) is 4.43. The van der Waals surface area contributed by atoms with Gasteiger partial charge < -0.3 is 24.6 Å². The molecule has 0 radical (unpaired) electrons. The third kappa shape index (κ3) is 4.47. The zero-order chi connectivity index (χ0) is 23.7. The van der Waals surface area contributed by atoms with Gasteiger partial charge in [0.2, 0.25) is 5.95 Å². The Morgan fingerprint density at radius 2 is 1.68 bits per heavy atom. The van der Waals surface area contributed by atoms with Crippen molar-refractivity contribution >= 4 is 45.8 Å². The molecule has 0 aliphatic carbocycles. The van der Waals surface area contributed by atoms with Crippen LogP contribution in [0.25, 0.3) is 10.9 Å². The first kappa shape index (κ1) is 22.0. The van der Waals surface area contributed by atoms with Crippen molar-refractivity contribution in [3.63, 3.8) is 0 Å². The highest BCUT2D eigenvalue weighted by Crippen LogP contribution is 2.30. The number of hydrogen-bond acceptors (Lipinski definition) is 9. The normalized spacial score (nSPS) is 13.4. The summed E-state index contributed by atoms with van der Waals surface area (Å²) >= 11 is 6.14. The number of hydrogen-bond donors (Lipinski definition) is 1. The molecule has 0 atom stereocenters. The summed E-state index contributed by atoms with van der Waals surface area (Å²) in [5.41, 5.74) is 2.47. The van der Waals surface area contributed by atoms with E-state index in [4.69, 9.17) is 26.1 Å². The van der Waals surface area contributed by atoms with Crippen molar-refractivity contribution in [2.75, 3.05) is 49.1 Å². The van der Waals surface area contributed by atoms with E-state index >= 15 is 0 Å². The minimum Gasteiger partial charge on any atom is -0.497 e. The van der Waals surface area contributed by atoms with Crippen LogP contribution < -0.4 is 24.6 Å². The van der Waals surface area contributed by atoms with Crippen LogP contribution in [0.1, 0.15) is 5.69 Å². The van der Waals surface area contributed by atoms with Crippen molar-refractivity contribution < 1.29 is 9.47 Å². The van der Waals surface area contributed by atoms with Crippen molar-refractivity contribution in [1.29, 1.82) is 0 Å². The van der Waals surface area contributed by atoms with E-state index in [2.05, 4.69) is 30.1 Å². The molecule has 0 saturated carbocycles. The van der Waals surface area contributed by atoms with E-state index in [-0.39, 0.29) is 0 Å². The molecular weight excluding hydrogens is 454 g/mol. The average Bonchev–Trinajstić information content (AvgIpc) is 3.33. The van der Waals surface area contributed by atoms with Gasteiger partial charge in [0.05, 0.1) is 26.4 Å². The highest BCUT2D eigenvalue weighted by atomic mass is 35.5. The Morgan fingerprint density at radius 1 is 0.912 bits per heavy atom. The summed E-state index contributed by atoms with van der Waals surface area (Å²) < 4.78 is 10.7. The molecule has 1 fully saturated rings. The van der Waals surface area contributed by atoms with Crippen LogP contribution in [-0.2, 0) is 0 Å². The number of fused-ring (bicyclic) bond motifs is 1. The van der Waals surface area contributed by atoms with Crippen LogP contribution in [0.4, 0.5) is 23.3 Å². The maximum atomic E-state index is 6.14. The number of benzene rings is 2. The molecule has 1 aliphatic rings. The molecule has 0 amide bonds. The zero-order valence-electron chi connectivity index (χ0n) is 19.1. The third-order valence-corrected chi connectivity index (χ3v) is 5.87. The van der Waals surface area contributed by atoms with Gasteiger partial charge in [-0.15, -0.1) is 0 Å². The van der Waals surface area contributed by atoms with Crippen LogP contribution in [0.15, 0.2) is 48.8 Å². The van der Waals surface area contributed by atoms with Crippen molar-refractivity contribution in [3.05, 3.63) is 59.5 Å². The van der Waals surface area contributed by atoms with Crippen molar-refractivity contribution in [2.24, 2.45) is 0 Å². The number of methoxy groups -OCH3 is 2. The summed E-state index contributed by atoms with van der Waals surface area (Å²) in [5.74, 6) is 3.60. The molecule has 2 aromatic heterocycles. The molecule has 1 aliphatic heterocycles. The monoisotopic (exact) mass is 477 g/mol. The Balaban J connectivity index is 1.39. The first-order valence-electron chi connectivity index (χ1n) is 10.8. The summed E-state index contributed by atoms with van der Waals surface area (Å²) in [7, 11) is 3.24. The first-order chi connectivity index (χ1) is 16.5. The average molecular weight is 478 g/mol. The fraction of sp³-hybridized carbons (Fsp3) is 0.250. The van der Waals surface area contributed by atoms with Gasteiger partial charge in [0, 0.05) is 59.1 Å². The molecule has 174 valence electrons. The fourth-order valence-electron chi connectivity index (χ4n) is 4.00. The highest BCUT2D eigenvalue weighted by molar-refractivity contribution is 6.31. The number of ether oxygens (including phenoxy) is 2. The van der Waals surface area contributed by atoms with Gasteiger partial charge in [-0.25, -0.2) is 15.0 Å². The van der Waals surface area contributed by atoms with E-state index in [0.717, 1.165) is 47.0 Å². The smallest absolute Gasteiger partial charge is 0.229 e. The molecule has 1 N–H and O–H groups in total. The fourth-order valence-corrected chi connectivity index (χ4v) is 4.16. The van der Waals surface area contributed by atoms with Gasteiger partial charge in [0.15, 0.2) is 0 Å². The van der Waals surface area contributed by atoms with Crippen molar-refractivity contribution in [3.8, 4) is 11.5 Å². The summed E-state index contributed by atoms with van der Waals surface area (Å²) in [6, 6.07) is 13.2. The maximum Gasteiger partial charge on any atom is 0.229 e. The quantitative estimate of drug-likeness (QED) is 0.433. The van der Waals surface area contributed by atoms with E-state index in [1.807, 2.05) is 49.4 Å². The minimum absolute atomic E-state index is 0.505. The molecule has 0 bridgehead atoms. The molecule has 0 unspecified atom stereocenters. The van der Waals surface area contributed by atoms with Crippen molar-refractivity contribution in [1.82, 2.24) is 19.9 Å². The van der Waals surface area contributed by atoms with Gasteiger partial charge in [0.25, 0.3) is 0 Å². The van der Waals surface area contributed by atoms with Crippen molar-refractivity contribution in [2.45, 2.75) is 6.92 Å². The molecule has 5 rings (SSSR count). The Bertz CT molecular complexity index is 1330. The number of nitrogens with zero attached hydrogens (tertiary/aromatic N) is 6. The number of nitrogens with one attached hydrogen (secondary N) is 1. The lowest BCUT2D eigenvalue weighted by molar-refractivity contribution is 0.395. The molecule has 10 heteroatoms. The summed E-state index contributed by atoms with van der Waals surface area (Å²) in [6.07, 6.45) is 1.58. The van der Waals surface area contributed by atoms with Crippen LogP contribution in [0.2, 0.25) is 5.02 Å².